The summed E-state index contributed by atoms with van der Waals surface area (Å²) in [5, 5.41) is 16.3. The van der Waals surface area contributed by atoms with Crippen LogP contribution in [0.5, 0.6) is 5.75 Å². The van der Waals surface area contributed by atoms with Gasteiger partial charge in [0.1, 0.15) is 17.1 Å². The van der Waals surface area contributed by atoms with E-state index in [4.69, 9.17) is 4.74 Å². The number of benzene rings is 1. The van der Waals surface area contributed by atoms with Crippen molar-refractivity contribution in [3.8, 4) is 16.9 Å². The highest BCUT2D eigenvalue weighted by Crippen LogP contribution is 2.23. The molecule has 1 amide bonds. The van der Waals surface area contributed by atoms with Crippen molar-refractivity contribution in [1.29, 1.82) is 0 Å². The van der Waals surface area contributed by atoms with Crippen molar-refractivity contribution in [1.82, 2.24) is 24.5 Å². The second-order valence-corrected chi connectivity index (χ2v) is 6.98. The summed E-state index contributed by atoms with van der Waals surface area (Å²) in [6.45, 7) is 2.27. The number of pyridine rings is 1. The van der Waals surface area contributed by atoms with Crippen LogP contribution in [0.25, 0.3) is 16.8 Å². The average Bonchev–Trinajstić information content (AvgIpc) is 3.40. The lowest BCUT2D eigenvalue weighted by Crippen LogP contribution is -2.34. The number of aromatic amines is 1. The van der Waals surface area contributed by atoms with Gasteiger partial charge in [-0.1, -0.05) is 12.1 Å². The molecule has 8 nitrogen and oxygen atoms in total. The van der Waals surface area contributed by atoms with Gasteiger partial charge in [-0.05, 0) is 42.3 Å². The van der Waals surface area contributed by atoms with Gasteiger partial charge in [0.25, 0.3) is 5.91 Å². The molecule has 3 aromatic heterocycles. The van der Waals surface area contributed by atoms with Gasteiger partial charge in [-0.15, -0.1) is 0 Å². The minimum atomic E-state index is -0.187. The van der Waals surface area contributed by atoms with Gasteiger partial charge in [0.2, 0.25) is 0 Å². The van der Waals surface area contributed by atoms with Crippen LogP contribution in [-0.4, -0.2) is 55.8 Å². The summed E-state index contributed by atoms with van der Waals surface area (Å²) in [5.41, 5.74) is 4.64. The van der Waals surface area contributed by atoms with Gasteiger partial charge in [-0.2, -0.15) is 5.10 Å². The first-order valence-corrected chi connectivity index (χ1v) is 9.61. The number of hydrogen-bond acceptors (Lipinski definition) is 5. The number of carbonyl (C=O) groups excluding carboxylic acids is 1. The number of aryl methyl sites for hydroxylation is 1. The predicted octanol–water partition coefficient (Wildman–Crippen LogP) is 2.68. The Morgan fingerprint density at radius 2 is 2.13 bits per heavy atom. The fraction of sp³-hybridized carbons (Fsp3) is 0.227. The number of aromatic nitrogens is 4. The van der Waals surface area contributed by atoms with Crippen molar-refractivity contribution in [2.45, 2.75) is 13.5 Å². The summed E-state index contributed by atoms with van der Waals surface area (Å²) in [6.07, 6.45) is 5.39. The second kappa shape index (κ2) is 8.38. The number of carbonyl (C=O) groups is 1. The summed E-state index contributed by atoms with van der Waals surface area (Å²) in [4.78, 5) is 19.6. The Kier molecular flexibility index (Phi) is 5.49. The Morgan fingerprint density at radius 1 is 1.27 bits per heavy atom. The van der Waals surface area contributed by atoms with E-state index >= 15 is 0 Å². The molecule has 0 aliphatic carbocycles. The number of ether oxygens (including phenoxy) is 1. The monoisotopic (exact) mass is 405 g/mol. The highest BCUT2D eigenvalue weighted by atomic mass is 16.5. The minimum Gasteiger partial charge on any atom is -0.497 e. The summed E-state index contributed by atoms with van der Waals surface area (Å²) in [7, 11) is 1.61. The van der Waals surface area contributed by atoms with E-state index in [9.17, 15) is 9.90 Å². The van der Waals surface area contributed by atoms with Gasteiger partial charge in [0.15, 0.2) is 0 Å². The second-order valence-electron chi connectivity index (χ2n) is 6.98. The molecule has 0 radical (unpaired) electrons. The number of amides is 1. The molecule has 30 heavy (non-hydrogen) atoms. The van der Waals surface area contributed by atoms with Crippen LogP contribution in [0.15, 0.2) is 55.0 Å². The van der Waals surface area contributed by atoms with E-state index in [0.29, 0.717) is 23.6 Å². The number of fused-ring (bicyclic) bond motifs is 1. The third kappa shape index (κ3) is 3.77. The molecule has 0 saturated heterocycles. The number of hydrogen-bond donors (Lipinski definition) is 2. The Bertz CT molecular complexity index is 1170. The van der Waals surface area contributed by atoms with E-state index in [1.54, 1.807) is 22.6 Å². The molecule has 4 aromatic rings. The van der Waals surface area contributed by atoms with Crippen LogP contribution >= 0.6 is 0 Å². The molecule has 3 heterocycles. The van der Waals surface area contributed by atoms with Gasteiger partial charge in [-0.3, -0.25) is 14.3 Å². The highest BCUT2D eigenvalue weighted by molar-refractivity contribution is 5.95. The maximum absolute atomic E-state index is 13.4. The van der Waals surface area contributed by atoms with Gasteiger partial charge in [0.05, 0.1) is 25.6 Å². The van der Waals surface area contributed by atoms with Crippen LogP contribution in [-0.2, 0) is 6.54 Å². The fourth-order valence-electron chi connectivity index (χ4n) is 3.52. The van der Waals surface area contributed by atoms with Crippen molar-refractivity contribution < 1.29 is 14.6 Å². The molecule has 0 unspecified atom stereocenters. The molecular formula is C22H23N5O3. The number of methoxy groups -OCH3 is 1. The minimum absolute atomic E-state index is 0.129. The van der Waals surface area contributed by atoms with E-state index in [0.717, 1.165) is 22.4 Å². The smallest absolute Gasteiger partial charge is 0.273 e. The normalized spacial score (nSPS) is 11.0. The molecule has 0 aliphatic rings. The van der Waals surface area contributed by atoms with Crippen molar-refractivity contribution >= 4 is 11.6 Å². The van der Waals surface area contributed by atoms with Crippen molar-refractivity contribution in [3.05, 3.63) is 71.9 Å². The van der Waals surface area contributed by atoms with Crippen LogP contribution < -0.4 is 4.74 Å². The van der Waals surface area contributed by atoms with Crippen LogP contribution in [0.2, 0.25) is 0 Å². The van der Waals surface area contributed by atoms with Crippen molar-refractivity contribution in [2.24, 2.45) is 0 Å². The molecule has 8 heteroatoms. The van der Waals surface area contributed by atoms with E-state index in [-0.39, 0.29) is 19.1 Å². The van der Waals surface area contributed by atoms with Gasteiger partial charge in [-0.25, -0.2) is 4.98 Å². The van der Waals surface area contributed by atoms with Crippen molar-refractivity contribution in [2.75, 3.05) is 20.3 Å². The number of aliphatic hydroxyl groups is 1. The molecule has 0 saturated carbocycles. The maximum atomic E-state index is 13.4. The molecular weight excluding hydrogens is 382 g/mol. The zero-order chi connectivity index (χ0) is 21.1. The first-order chi connectivity index (χ1) is 14.6. The number of aliphatic hydroxyl groups excluding tert-OH is 1. The number of imidazole rings is 1. The number of nitrogens with one attached hydrogen (secondary N) is 1. The quantitative estimate of drug-likeness (QED) is 0.493. The SMILES string of the molecule is COc1cccc(CN(CCO)C(=O)c2c(C)nc3cc(-c4cn[nH]c4)ccn23)c1. The first-order valence-electron chi connectivity index (χ1n) is 9.61. The molecule has 154 valence electrons. The van der Waals surface area contributed by atoms with Crippen LogP contribution in [0.1, 0.15) is 21.7 Å². The van der Waals surface area contributed by atoms with Crippen molar-refractivity contribution in [3.63, 3.8) is 0 Å². The summed E-state index contributed by atoms with van der Waals surface area (Å²) in [6, 6.07) is 11.4. The Balaban J connectivity index is 1.67. The van der Waals surface area contributed by atoms with E-state index in [1.807, 2.05) is 55.7 Å². The number of H-pyrrole nitrogens is 1. The van der Waals surface area contributed by atoms with Gasteiger partial charge in [0, 0.05) is 31.0 Å². The highest BCUT2D eigenvalue weighted by Gasteiger charge is 2.23. The zero-order valence-electron chi connectivity index (χ0n) is 16.9. The number of rotatable bonds is 7. The fourth-order valence-corrected chi connectivity index (χ4v) is 3.52. The lowest BCUT2D eigenvalue weighted by Gasteiger charge is -2.22. The Morgan fingerprint density at radius 3 is 2.87 bits per heavy atom. The predicted molar refractivity (Wildman–Crippen MR) is 112 cm³/mol. The van der Waals surface area contributed by atoms with Crippen LogP contribution in [0.4, 0.5) is 0 Å². The largest absolute Gasteiger partial charge is 0.497 e. The maximum Gasteiger partial charge on any atom is 0.273 e. The lowest BCUT2D eigenvalue weighted by atomic mass is 10.1. The topological polar surface area (TPSA) is 95.8 Å². The summed E-state index contributed by atoms with van der Waals surface area (Å²) < 4.78 is 7.06. The molecule has 0 atom stereocenters. The summed E-state index contributed by atoms with van der Waals surface area (Å²) in [5.74, 6) is 0.537. The van der Waals surface area contributed by atoms with E-state index in [1.165, 1.54) is 0 Å². The molecule has 1 aromatic carbocycles. The first kappa shape index (κ1) is 19.7. The molecule has 0 bridgehead atoms. The average molecular weight is 405 g/mol. The standard InChI is InChI=1S/C22H23N5O3/c1-15-21(27-7-6-17(11-20(27)25-15)18-12-23-24-13-18)22(29)26(8-9-28)14-16-4-3-5-19(10-16)30-2/h3-7,10-13,28H,8-9,14H2,1-2H3,(H,23,24). The summed E-state index contributed by atoms with van der Waals surface area (Å²) >= 11 is 0. The van der Waals surface area contributed by atoms with Gasteiger partial charge >= 0.3 is 0 Å². The lowest BCUT2D eigenvalue weighted by molar-refractivity contribution is 0.0700. The molecule has 0 spiro atoms. The molecule has 0 fully saturated rings. The third-order valence-corrected chi connectivity index (χ3v) is 5.00. The van der Waals surface area contributed by atoms with Crippen LogP contribution in [0, 0.1) is 6.92 Å². The van der Waals surface area contributed by atoms with E-state index < -0.39 is 0 Å². The zero-order valence-corrected chi connectivity index (χ0v) is 16.9. The third-order valence-electron chi connectivity index (χ3n) is 5.00. The van der Waals surface area contributed by atoms with Gasteiger partial charge < -0.3 is 14.7 Å². The number of nitrogens with zero attached hydrogens (tertiary/aromatic N) is 4. The Labute approximate surface area is 173 Å². The molecule has 0 aliphatic heterocycles. The van der Waals surface area contributed by atoms with E-state index in [2.05, 4.69) is 15.2 Å². The molecule has 4 rings (SSSR count). The van der Waals surface area contributed by atoms with Crippen LogP contribution in [0.3, 0.4) is 0 Å². The Hall–Kier alpha value is -3.65. The molecule has 2 N–H and O–H groups in total.